The minimum atomic E-state index is -0.558. The van der Waals surface area contributed by atoms with Crippen LogP contribution in [-0.2, 0) is 11.3 Å². The van der Waals surface area contributed by atoms with Crippen molar-refractivity contribution in [1.29, 1.82) is 0 Å². The Morgan fingerprint density at radius 3 is 2.52 bits per heavy atom. The lowest BCUT2D eigenvalue weighted by Gasteiger charge is -2.29. The van der Waals surface area contributed by atoms with Crippen LogP contribution in [0.4, 0.5) is 11.4 Å². The van der Waals surface area contributed by atoms with E-state index >= 15 is 0 Å². The Hall–Kier alpha value is -3.85. The second kappa shape index (κ2) is 7.77. The van der Waals surface area contributed by atoms with Gasteiger partial charge >= 0.3 is 5.56 Å². The summed E-state index contributed by atoms with van der Waals surface area (Å²) in [5.74, 6) is -0.125. The summed E-state index contributed by atoms with van der Waals surface area (Å²) in [6.07, 6.45) is 0. The molecule has 0 bridgehead atoms. The zero-order chi connectivity index (χ0) is 21.4. The standard InChI is InChI=1S/C22H20N4O5/c27-20-19-17(22(29)26(24-20)13-14-5-2-1-3-6-14)23-16-8-4-7-15(18(16)31-19)21(28)25-9-11-30-12-10-25/h1-8,23H,9-13H2,(H,24,27). The van der Waals surface area contributed by atoms with Crippen LogP contribution in [0.3, 0.4) is 0 Å². The van der Waals surface area contributed by atoms with Gasteiger partial charge in [-0.1, -0.05) is 36.4 Å². The topological polar surface area (TPSA) is 106 Å². The van der Waals surface area contributed by atoms with Crippen molar-refractivity contribution in [2.24, 2.45) is 0 Å². The van der Waals surface area contributed by atoms with Gasteiger partial charge in [0, 0.05) is 13.1 Å². The number of para-hydroxylation sites is 1. The summed E-state index contributed by atoms with van der Waals surface area (Å²) < 4.78 is 12.4. The van der Waals surface area contributed by atoms with Gasteiger partial charge in [0.25, 0.3) is 11.5 Å². The first-order valence-electron chi connectivity index (χ1n) is 9.98. The fourth-order valence-electron chi connectivity index (χ4n) is 3.74. The molecule has 0 atom stereocenters. The third-order valence-corrected chi connectivity index (χ3v) is 5.32. The van der Waals surface area contributed by atoms with Crippen LogP contribution in [0.2, 0.25) is 0 Å². The Morgan fingerprint density at radius 1 is 0.968 bits per heavy atom. The number of carbonyl (C=O) groups excluding carboxylic acids is 1. The molecule has 0 unspecified atom stereocenters. The van der Waals surface area contributed by atoms with Gasteiger partial charge in [-0.2, -0.15) is 0 Å². The average molecular weight is 420 g/mol. The first-order chi connectivity index (χ1) is 15.1. The van der Waals surface area contributed by atoms with Crippen LogP contribution in [0.5, 0.6) is 11.5 Å². The van der Waals surface area contributed by atoms with Crippen molar-refractivity contribution in [1.82, 2.24) is 14.7 Å². The molecule has 2 aliphatic rings. The predicted octanol–water partition coefficient (Wildman–Crippen LogP) is 1.91. The molecular weight excluding hydrogens is 400 g/mol. The van der Waals surface area contributed by atoms with Crippen molar-refractivity contribution < 1.29 is 14.3 Å². The zero-order valence-electron chi connectivity index (χ0n) is 16.6. The van der Waals surface area contributed by atoms with Gasteiger partial charge in [-0.15, -0.1) is 0 Å². The number of carbonyl (C=O) groups is 1. The van der Waals surface area contributed by atoms with Crippen LogP contribution in [-0.4, -0.2) is 46.9 Å². The van der Waals surface area contributed by atoms with Crippen LogP contribution >= 0.6 is 0 Å². The minimum absolute atomic E-state index is 0.0446. The smallest absolute Gasteiger partial charge is 0.308 e. The molecule has 0 spiro atoms. The molecule has 9 nitrogen and oxygen atoms in total. The van der Waals surface area contributed by atoms with E-state index < -0.39 is 11.1 Å². The van der Waals surface area contributed by atoms with Crippen LogP contribution in [0.25, 0.3) is 0 Å². The van der Waals surface area contributed by atoms with E-state index in [9.17, 15) is 14.4 Å². The van der Waals surface area contributed by atoms with Gasteiger partial charge in [-0.3, -0.25) is 19.5 Å². The largest absolute Gasteiger partial charge is 0.446 e. The molecule has 1 aromatic heterocycles. The fourth-order valence-corrected chi connectivity index (χ4v) is 3.74. The molecule has 2 aromatic carbocycles. The number of H-pyrrole nitrogens is 1. The average Bonchev–Trinajstić information content (AvgIpc) is 2.82. The number of nitrogens with one attached hydrogen (secondary N) is 2. The minimum Gasteiger partial charge on any atom is -0.446 e. The Labute approximate surface area is 176 Å². The maximum Gasteiger partial charge on any atom is 0.308 e. The van der Waals surface area contributed by atoms with E-state index in [2.05, 4.69) is 10.4 Å². The number of morpholine rings is 1. The highest BCUT2D eigenvalue weighted by Gasteiger charge is 2.30. The molecule has 158 valence electrons. The quantitative estimate of drug-likeness (QED) is 0.525. The number of hydrogen-bond acceptors (Lipinski definition) is 6. The molecule has 1 amide bonds. The van der Waals surface area contributed by atoms with Crippen molar-refractivity contribution >= 4 is 17.3 Å². The molecule has 0 saturated carbocycles. The maximum atomic E-state index is 13.0. The molecule has 9 heteroatoms. The summed E-state index contributed by atoms with van der Waals surface area (Å²) in [7, 11) is 0. The highest BCUT2D eigenvalue weighted by molar-refractivity contribution is 6.00. The molecule has 1 saturated heterocycles. The summed E-state index contributed by atoms with van der Waals surface area (Å²) in [5.41, 5.74) is 0.719. The highest BCUT2D eigenvalue weighted by atomic mass is 16.5. The van der Waals surface area contributed by atoms with Crippen molar-refractivity contribution in [2.45, 2.75) is 6.54 Å². The highest BCUT2D eigenvalue weighted by Crippen LogP contribution is 2.40. The lowest BCUT2D eigenvalue weighted by Crippen LogP contribution is -2.41. The number of hydrogen-bond donors (Lipinski definition) is 2. The number of amides is 1. The molecule has 31 heavy (non-hydrogen) atoms. The third-order valence-electron chi connectivity index (χ3n) is 5.32. The van der Waals surface area contributed by atoms with E-state index in [-0.39, 0.29) is 29.6 Å². The summed E-state index contributed by atoms with van der Waals surface area (Å²) in [6, 6.07) is 14.4. The van der Waals surface area contributed by atoms with Crippen LogP contribution in [0.15, 0.2) is 58.1 Å². The number of ether oxygens (including phenoxy) is 2. The second-order valence-corrected chi connectivity index (χ2v) is 7.34. The number of benzene rings is 2. The van der Waals surface area contributed by atoms with Gasteiger partial charge in [-0.25, -0.2) is 4.68 Å². The van der Waals surface area contributed by atoms with Gasteiger partial charge in [-0.05, 0) is 17.7 Å². The lowest BCUT2D eigenvalue weighted by molar-refractivity contribution is 0.0301. The molecule has 0 aliphatic carbocycles. The van der Waals surface area contributed by atoms with E-state index in [1.165, 1.54) is 4.68 Å². The Bertz CT molecular complexity index is 1260. The SMILES string of the molecule is O=C(c1cccc2c1Oc1c(c(=O)n(Cc3ccccc3)[nH]c1=O)N2)N1CCOCC1. The number of anilines is 2. The van der Waals surface area contributed by atoms with Gasteiger partial charge < -0.3 is 19.7 Å². The Morgan fingerprint density at radius 2 is 1.74 bits per heavy atom. The number of fused-ring (bicyclic) bond motifs is 2. The molecule has 3 heterocycles. The van der Waals surface area contributed by atoms with Crippen LogP contribution in [0, 0.1) is 0 Å². The summed E-state index contributed by atoms with van der Waals surface area (Å²) in [4.78, 5) is 40.4. The normalized spacial score (nSPS) is 14.8. The molecule has 2 aliphatic heterocycles. The molecule has 2 N–H and O–H groups in total. The van der Waals surface area contributed by atoms with E-state index in [4.69, 9.17) is 9.47 Å². The van der Waals surface area contributed by atoms with E-state index in [1.807, 2.05) is 30.3 Å². The maximum absolute atomic E-state index is 13.0. The van der Waals surface area contributed by atoms with Gasteiger partial charge in [0.15, 0.2) is 11.4 Å². The van der Waals surface area contributed by atoms with E-state index in [1.54, 1.807) is 23.1 Å². The monoisotopic (exact) mass is 420 g/mol. The molecule has 5 rings (SSSR count). The number of rotatable bonds is 3. The van der Waals surface area contributed by atoms with Gasteiger partial charge in [0.1, 0.15) is 0 Å². The molecule has 1 fully saturated rings. The van der Waals surface area contributed by atoms with Crippen molar-refractivity contribution in [3.63, 3.8) is 0 Å². The van der Waals surface area contributed by atoms with Crippen molar-refractivity contribution in [3.8, 4) is 11.5 Å². The van der Waals surface area contributed by atoms with Crippen LogP contribution < -0.4 is 21.2 Å². The zero-order valence-corrected chi connectivity index (χ0v) is 16.6. The van der Waals surface area contributed by atoms with E-state index in [0.29, 0.717) is 37.6 Å². The van der Waals surface area contributed by atoms with Gasteiger partial charge in [0.05, 0.1) is 31.0 Å². The van der Waals surface area contributed by atoms with Gasteiger partial charge in [0.2, 0.25) is 5.75 Å². The second-order valence-electron chi connectivity index (χ2n) is 7.34. The summed E-state index contributed by atoms with van der Waals surface area (Å²) in [5, 5.41) is 5.57. The predicted molar refractivity (Wildman–Crippen MR) is 113 cm³/mol. The van der Waals surface area contributed by atoms with Crippen molar-refractivity contribution in [3.05, 3.63) is 80.4 Å². The number of aromatic nitrogens is 2. The fraction of sp³-hybridized carbons (Fsp3) is 0.227. The lowest BCUT2D eigenvalue weighted by atomic mass is 10.1. The van der Waals surface area contributed by atoms with Crippen LogP contribution in [0.1, 0.15) is 15.9 Å². The van der Waals surface area contributed by atoms with E-state index in [0.717, 1.165) is 5.56 Å². The first kappa shape index (κ1) is 19.1. The Kier molecular flexibility index (Phi) is 4.79. The third kappa shape index (κ3) is 3.49. The first-order valence-corrected chi connectivity index (χ1v) is 9.98. The molecule has 3 aromatic rings. The number of nitrogens with zero attached hydrogens (tertiary/aromatic N) is 2. The molecular formula is C22H20N4O5. The summed E-state index contributed by atoms with van der Waals surface area (Å²) >= 11 is 0. The van der Waals surface area contributed by atoms with Crippen molar-refractivity contribution in [2.75, 3.05) is 31.6 Å². The molecule has 0 radical (unpaired) electrons. The number of aromatic amines is 1. The summed E-state index contributed by atoms with van der Waals surface area (Å²) in [6.45, 7) is 2.13. The Balaban J connectivity index is 1.51.